The lowest BCUT2D eigenvalue weighted by atomic mass is 9.69. The summed E-state index contributed by atoms with van der Waals surface area (Å²) in [5, 5.41) is 9.24. The van der Waals surface area contributed by atoms with E-state index >= 15 is 0 Å². The van der Waals surface area contributed by atoms with Crippen molar-refractivity contribution in [1.29, 1.82) is 0 Å². The van der Waals surface area contributed by atoms with Crippen molar-refractivity contribution < 1.29 is 0 Å². The molecule has 2 aliphatic rings. The Balaban J connectivity index is 1.39. The third kappa shape index (κ3) is 4.09. The fraction of sp³-hybridized carbons (Fsp3) is 0.0769. The van der Waals surface area contributed by atoms with E-state index in [0.29, 0.717) is 0 Å². The Morgan fingerprint density at radius 3 is 1.52 bits per heavy atom. The molecule has 2 aliphatic carbocycles. The number of benzene rings is 9. The maximum Gasteiger partial charge on any atom is 0.0803 e. The second kappa shape index (κ2) is 11.4. The molecule has 1 nitrogen and oxygen atoms in total. The van der Waals surface area contributed by atoms with Crippen molar-refractivity contribution >= 4 is 62.6 Å². The average Bonchev–Trinajstić information content (AvgIpc) is 3.69. The quantitative estimate of drug-likeness (QED) is 0.130. The van der Waals surface area contributed by atoms with Crippen molar-refractivity contribution in [3.05, 3.63) is 204 Å². The van der Waals surface area contributed by atoms with Gasteiger partial charge in [-0.3, -0.25) is 0 Å². The molecule has 54 heavy (non-hydrogen) atoms. The molecular weight excluding hydrogens is 667 g/mol. The summed E-state index contributed by atoms with van der Waals surface area (Å²) in [5.74, 6) is 0. The first-order chi connectivity index (χ1) is 26.5. The molecule has 2 heteroatoms. The molecule has 0 N–H and O–H groups in total. The minimum atomic E-state index is -1.78. The van der Waals surface area contributed by atoms with E-state index in [1.807, 2.05) is 0 Å². The highest BCUT2D eigenvalue weighted by molar-refractivity contribution is 6.89. The normalized spacial score (nSPS) is 13.6. The van der Waals surface area contributed by atoms with E-state index in [1.54, 1.807) is 0 Å². The van der Waals surface area contributed by atoms with Gasteiger partial charge in [0, 0.05) is 16.8 Å². The zero-order chi connectivity index (χ0) is 36.2. The number of nitrogens with zero attached hydrogens (tertiary/aromatic N) is 1. The molecule has 1 spiro atoms. The van der Waals surface area contributed by atoms with E-state index in [2.05, 4.69) is 207 Å². The van der Waals surface area contributed by atoms with E-state index in [-0.39, 0.29) is 0 Å². The van der Waals surface area contributed by atoms with Crippen LogP contribution in [0.4, 0.5) is 17.1 Å². The summed E-state index contributed by atoms with van der Waals surface area (Å²) in [4.78, 5) is 2.57. The van der Waals surface area contributed by atoms with E-state index in [9.17, 15) is 0 Å². The fourth-order valence-electron chi connectivity index (χ4n) is 10.1. The van der Waals surface area contributed by atoms with Gasteiger partial charge in [-0.25, -0.2) is 0 Å². The molecule has 0 aromatic heterocycles. The maximum atomic E-state index is 2.59. The molecule has 0 unspecified atom stereocenters. The van der Waals surface area contributed by atoms with Gasteiger partial charge in [0.1, 0.15) is 0 Å². The molecule has 0 aliphatic heterocycles. The summed E-state index contributed by atoms with van der Waals surface area (Å²) in [6.07, 6.45) is 0. The van der Waals surface area contributed by atoms with Crippen molar-refractivity contribution in [2.75, 3.05) is 4.90 Å². The summed E-state index contributed by atoms with van der Waals surface area (Å²) in [6, 6.07) is 68.6. The van der Waals surface area contributed by atoms with Crippen LogP contribution in [0.2, 0.25) is 19.6 Å². The number of hydrogen-bond acceptors (Lipinski definition) is 1. The van der Waals surface area contributed by atoms with E-state index < -0.39 is 13.5 Å². The summed E-state index contributed by atoms with van der Waals surface area (Å²) >= 11 is 0. The Kier molecular flexibility index (Phi) is 6.60. The van der Waals surface area contributed by atoms with Crippen molar-refractivity contribution in [2.24, 2.45) is 0 Å². The van der Waals surface area contributed by atoms with Gasteiger partial charge >= 0.3 is 0 Å². The highest BCUT2D eigenvalue weighted by Crippen LogP contribution is 2.67. The Hall–Kier alpha value is -6.22. The number of para-hydroxylation sites is 2. The van der Waals surface area contributed by atoms with Crippen LogP contribution < -0.4 is 10.1 Å². The minimum Gasteiger partial charge on any atom is -0.310 e. The van der Waals surface area contributed by atoms with Gasteiger partial charge in [-0.05, 0) is 101 Å². The van der Waals surface area contributed by atoms with Gasteiger partial charge in [-0.1, -0.05) is 177 Å². The largest absolute Gasteiger partial charge is 0.310 e. The molecule has 256 valence electrons. The molecule has 0 atom stereocenters. The Bertz CT molecular complexity index is 2940. The fourth-order valence-corrected chi connectivity index (χ4v) is 11.7. The molecule has 0 bridgehead atoms. The van der Waals surface area contributed by atoms with Crippen LogP contribution in [0.15, 0.2) is 182 Å². The first-order valence-electron chi connectivity index (χ1n) is 19.1. The molecular formula is C52H39NSi. The van der Waals surface area contributed by atoms with Crippen LogP contribution in [0.1, 0.15) is 22.3 Å². The average molecular weight is 706 g/mol. The first-order valence-corrected chi connectivity index (χ1v) is 22.6. The molecule has 0 amide bonds. The summed E-state index contributed by atoms with van der Waals surface area (Å²) in [7, 11) is -1.78. The van der Waals surface area contributed by atoms with Crippen LogP contribution in [-0.2, 0) is 5.41 Å². The Labute approximate surface area is 317 Å². The molecule has 0 radical (unpaired) electrons. The van der Waals surface area contributed by atoms with E-state index in [1.165, 1.54) is 99.1 Å². The predicted octanol–water partition coefficient (Wildman–Crippen LogP) is 13.5. The SMILES string of the molecule is C[Si](C)(C)c1ccccc1N(c1ccccc1)c1cc2c(c3ccccc13)-c1c(c3ccccc3c3ccccc13)C21c2ccccc2-c2ccccc21. The van der Waals surface area contributed by atoms with Crippen molar-refractivity contribution in [1.82, 2.24) is 0 Å². The van der Waals surface area contributed by atoms with Crippen LogP contribution in [0, 0.1) is 0 Å². The third-order valence-corrected chi connectivity index (χ3v) is 14.2. The molecule has 9 aromatic rings. The van der Waals surface area contributed by atoms with Gasteiger partial charge in [-0.2, -0.15) is 0 Å². The molecule has 0 fully saturated rings. The van der Waals surface area contributed by atoms with Crippen LogP contribution in [0.25, 0.3) is 54.6 Å². The van der Waals surface area contributed by atoms with Crippen molar-refractivity contribution in [3.63, 3.8) is 0 Å². The molecule has 9 aromatic carbocycles. The minimum absolute atomic E-state index is 0.527. The standard InChI is InChI=1S/C52H39NSi/c1-54(2,3)48-32-18-17-31-46(48)53(34-19-5-4-6-20-34)47-33-45-49(41-27-11-9-25-39(41)47)50-40-26-10-7-21-35(40)36-22-8-12-28-42(36)51(50)52(45)43-29-15-13-23-37(43)38-24-14-16-30-44(38)52/h4-33H,1-3H3. The predicted molar refractivity (Wildman–Crippen MR) is 233 cm³/mol. The molecule has 11 rings (SSSR count). The smallest absolute Gasteiger partial charge is 0.0803 e. The summed E-state index contributed by atoms with van der Waals surface area (Å²) < 4.78 is 0. The lowest BCUT2D eigenvalue weighted by molar-refractivity contribution is 0.802. The molecule has 0 saturated carbocycles. The molecule has 0 heterocycles. The second-order valence-electron chi connectivity index (χ2n) is 16.0. The van der Waals surface area contributed by atoms with Crippen LogP contribution >= 0.6 is 0 Å². The second-order valence-corrected chi connectivity index (χ2v) is 21.0. The van der Waals surface area contributed by atoms with Gasteiger partial charge in [-0.15, -0.1) is 0 Å². The highest BCUT2D eigenvalue weighted by Gasteiger charge is 2.54. The number of anilines is 3. The Morgan fingerprint density at radius 2 is 0.870 bits per heavy atom. The lowest BCUT2D eigenvalue weighted by Crippen LogP contribution is -2.40. The summed E-state index contributed by atoms with van der Waals surface area (Å²) in [5.41, 5.74) is 14.0. The topological polar surface area (TPSA) is 3.24 Å². The zero-order valence-electron chi connectivity index (χ0n) is 30.8. The number of rotatable bonds is 4. The monoisotopic (exact) mass is 705 g/mol. The van der Waals surface area contributed by atoms with Gasteiger partial charge in [0.2, 0.25) is 0 Å². The van der Waals surface area contributed by atoms with Gasteiger partial charge in [0.05, 0.1) is 19.2 Å². The number of fused-ring (bicyclic) bond motifs is 17. The number of hydrogen-bond donors (Lipinski definition) is 0. The van der Waals surface area contributed by atoms with Crippen LogP contribution in [-0.4, -0.2) is 8.07 Å². The van der Waals surface area contributed by atoms with Gasteiger partial charge < -0.3 is 4.90 Å². The van der Waals surface area contributed by atoms with Gasteiger partial charge in [0.25, 0.3) is 0 Å². The Morgan fingerprint density at radius 1 is 0.389 bits per heavy atom. The van der Waals surface area contributed by atoms with Crippen molar-refractivity contribution in [2.45, 2.75) is 25.1 Å². The lowest BCUT2D eigenvalue weighted by Gasteiger charge is -2.35. The summed E-state index contributed by atoms with van der Waals surface area (Å²) in [6.45, 7) is 7.39. The van der Waals surface area contributed by atoms with Crippen molar-refractivity contribution in [3.8, 4) is 22.3 Å². The maximum absolute atomic E-state index is 2.59. The molecule has 0 saturated heterocycles. The first kappa shape index (κ1) is 31.3. The highest BCUT2D eigenvalue weighted by atomic mass is 28.3. The van der Waals surface area contributed by atoms with Crippen LogP contribution in [0.3, 0.4) is 0 Å². The zero-order valence-corrected chi connectivity index (χ0v) is 31.8. The van der Waals surface area contributed by atoms with E-state index in [0.717, 1.165) is 0 Å². The van der Waals surface area contributed by atoms with Gasteiger partial charge in [0.15, 0.2) is 0 Å². The third-order valence-electron chi connectivity index (χ3n) is 12.1. The van der Waals surface area contributed by atoms with Crippen LogP contribution in [0.5, 0.6) is 0 Å². The van der Waals surface area contributed by atoms with E-state index in [4.69, 9.17) is 0 Å².